The topological polar surface area (TPSA) is 30.9 Å². The first kappa shape index (κ1) is 12.9. The van der Waals surface area contributed by atoms with Crippen molar-refractivity contribution in [1.29, 1.82) is 0 Å². The number of nitrogens with zero attached hydrogens (tertiary/aromatic N) is 1. The van der Waals surface area contributed by atoms with Crippen molar-refractivity contribution in [3.05, 3.63) is 57.8 Å². The van der Waals surface area contributed by atoms with Crippen LogP contribution in [0.1, 0.15) is 42.0 Å². The number of fused-ring (bicyclic) bond motifs is 1. The highest BCUT2D eigenvalue weighted by molar-refractivity contribution is 9.10. The van der Waals surface area contributed by atoms with E-state index in [0.717, 1.165) is 13.0 Å². The van der Waals surface area contributed by atoms with Gasteiger partial charge in [0, 0.05) is 29.5 Å². The number of hydrogen-bond donors (Lipinski definition) is 1. The summed E-state index contributed by atoms with van der Waals surface area (Å²) in [7, 11) is 0. The van der Waals surface area contributed by atoms with E-state index in [-0.39, 0.29) is 6.04 Å². The van der Waals surface area contributed by atoms with Crippen molar-refractivity contribution in [3.8, 4) is 0 Å². The van der Waals surface area contributed by atoms with Crippen LogP contribution in [-0.4, -0.2) is 4.57 Å². The van der Waals surface area contributed by atoms with Crippen LogP contribution in [0.25, 0.3) is 0 Å². The Balaban J connectivity index is 1.87. The van der Waals surface area contributed by atoms with Gasteiger partial charge in [-0.3, -0.25) is 0 Å². The molecule has 0 saturated heterocycles. The molecule has 1 aliphatic carbocycles. The van der Waals surface area contributed by atoms with Gasteiger partial charge in [0.2, 0.25) is 0 Å². The van der Waals surface area contributed by atoms with E-state index in [2.05, 4.69) is 51.1 Å². The van der Waals surface area contributed by atoms with Crippen LogP contribution in [0, 0.1) is 0 Å². The lowest BCUT2D eigenvalue weighted by Crippen LogP contribution is -2.09. The Labute approximate surface area is 122 Å². The zero-order valence-corrected chi connectivity index (χ0v) is 12.6. The molecular formula is C16H19BrN2. The molecule has 0 spiro atoms. The predicted octanol–water partition coefficient (Wildman–Crippen LogP) is 4.03. The average Bonchev–Trinajstić information content (AvgIpc) is 2.73. The van der Waals surface area contributed by atoms with Gasteiger partial charge in [-0.1, -0.05) is 40.5 Å². The van der Waals surface area contributed by atoms with Crippen molar-refractivity contribution in [2.24, 2.45) is 5.73 Å². The molecule has 1 unspecified atom stereocenters. The zero-order chi connectivity index (χ0) is 13.2. The van der Waals surface area contributed by atoms with Crippen molar-refractivity contribution in [1.82, 2.24) is 4.57 Å². The Hall–Kier alpha value is -1.06. The maximum Gasteiger partial charge on any atom is 0.0481 e. The van der Waals surface area contributed by atoms with Crippen LogP contribution in [-0.2, 0) is 13.0 Å². The summed E-state index contributed by atoms with van der Waals surface area (Å²) in [5.74, 6) is 0. The van der Waals surface area contributed by atoms with Crippen molar-refractivity contribution in [2.75, 3.05) is 0 Å². The third-order valence-electron chi connectivity index (χ3n) is 3.92. The van der Waals surface area contributed by atoms with E-state index in [4.69, 9.17) is 5.73 Å². The smallest absolute Gasteiger partial charge is 0.0481 e. The van der Waals surface area contributed by atoms with Gasteiger partial charge < -0.3 is 10.3 Å². The lowest BCUT2D eigenvalue weighted by atomic mass is 10.1. The van der Waals surface area contributed by atoms with Crippen LogP contribution < -0.4 is 5.73 Å². The summed E-state index contributed by atoms with van der Waals surface area (Å²) >= 11 is 3.61. The summed E-state index contributed by atoms with van der Waals surface area (Å²) in [6.07, 6.45) is 9.32. The maximum atomic E-state index is 6.26. The molecule has 2 nitrogen and oxygen atoms in total. The number of nitrogens with two attached hydrogens (primary N) is 1. The second kappa shape index (κ2) is 5.51. The number of aromatic nitrogens is 1. The first-order valence-corrected chi connectivity index (χ1v) is 7.71. The Bertz CT molecular complexity index is 574. The predicted molar refractivity (Wildman–Crippen MR) is 82.2 cm³/mol. The van der Waals surface area contributed by atoms with E-state index >= 15 is 0 Å². The molecule has 0 bridgehead atoms. The van der Waals surface area contributed by atoms with E-state index < -0.39 is 0 Å². The molecule has 0 fully saturated rings. The minimum Gasteiger partial charge on any atom is -0.349 e. The Kier molecular flexibility index (Phi) is 3.76. The minimum atomic E-state index is 0.220. The molecule has 2 N–H and O–H groups in total. The van der Waals surface area contributed by atoms with Gasteiger partial charge in [0.25, 0.3) is 0 Å². The van der Waals surface area contributed by atoms with Crippen molar-refractivity contribution < 1.29 is 0 Å². The molecule has 2 aromatic rings. The average molecular weight is 319 g/mol. The minimum absolute atomic E-state index is 0.220. The van der Waals surface area contributed by atoms with Gasteiger partial charge in [0.05, 0.1) is 0 Å². The molecule has 1 aromatic heterocycles. The summed E-state index contributed by atoms with van der Waals surface area (Å²) in [5, 5.41) is 0. The third-order valence-corrected chi connectivity index (χ3v) is 4.69. The first-order chi connectivity index (χ1) is 9.24. The number of halogens is 1. The highest BCUT2D eigenvalue weighted by Crippen LogP contribution is 2.28. The van der Waals surface area contributed by atoms with E-state index in [1.165, 1.54) is 40.4 Å². The standard InChI is InChI=1S/C16H19BrN2/c17-15-7-3-1-6-13(15)10-19-9-12-5-2-4-8-16(18)14(12)11-19/h1,3,6-7,9,11,16H,2,4-5,8,10,18H2. The fraction of sp³-hybridized carbons (Fsp3) is 0.375. The molecule has 0 saturated carbocycles. The Morgan fingerprint density at radius 2 is 2.05 bits per heavy atom. The molecule has 0 aliphatic heterocycles. The first-order valence-electron chi connectivity index (χ1n) is 6.91. The van der Waals surface area contributed by atoms with Gasteiger partial charge in [-0.05, 0) is 42.0 Å². The molecule has 100 valence electrons. The second-order valence-electron chi connectivity index (χ2n) is 5.35. The summed E-state index contributed by atoms with van der Waals surface area (Å²) in [4.78, 5) is 0. The molecule has 1 atom stereocenters. The van der Waals surface area contributed by atoms with E-state index in [1.807, 2.05) is 6.07 Å². The molecule has 3 heteroatoms. The lowest BCUT2D eigenvalue weighted by Gasteiger charge is -2.08. The normalized spacial score (nSPS) is 18.9. The SMILES string of the molecule is NC1CCCCc2cn(Cc3ccccc3Br)cc21. The van der Waals surface area contributed by atoms with Gasteiger partial charge in [-0.2, -0.15) is 0 Å². The number of rotatable bonds is 2. The molecule has 3 rings (SSSR count). The summed E-state index contributed by atoms with van der Waals surface area (Å²) < 4.78 is 3.44. The van der Waals surface area contributed by atoms with E-state index in [1.54, 1.807) is 0 Å². The van der Waals surface area contributed by atoms with Gasteiger partial charge in [0.1, 0.15) is 0 Å². The van der Waals surface area contributed by atoms with Crippen molar-refractivity contribution in [3.63, 3.8) is 0 Å². The third kappa shape index (κ3) is 2.77. The van der Waals surface area contributed by atoms with E-state index in [0.29, 0.717) is 0 Å². The number of aryl methyl sites for hydroxylation is 1. The molecule has 1 aromatic carbocycles. The summed E-state index contributed by atoms with van der Waals surface area (Å²) in [6, 6.07) is 8.61. The molecule has 0 radical (unpaired) electrons. The van der Waals surface area contributed by atoms with Crippen LogP contribution in [0.5, 0.6) is 0 Å². The van der Waals surface area contributed by atoms with Crippen LogP contribution >= 0.6 is 15.9 Å². The van der Waals surface area contributed by atoms with Gasteiger partial charge in [0.15, 0.2) is 0 Å². The Morgan fingerprint density at radius 3 is 2.89 bits per heavy atom. The highest BCUT2D eigenvalue weighted by atomic mass is 79.9. The summed E-state index contributed by atoms with van der Waals surface area (Å²) in [5.41, 5.74) is 10.4. The van der Waals surface area contributed by atoms with Gasteiger partial charge in [-0.25, -0.2) is 0 Å². The monoisotopic (exact) mass is 318 g/mol. The van der Waals surface area contributed by atoms with Crippen LogP contribution in [0.2, 0.25) is 0 Å². The van der Waals surface area contributed by atoms with Crippen LogP contribution in [0.3, 0.4) is 0 Å². The van der Waals surface area contributed by atoms with Crippen LogP contribution in [0.15, 0.2) is 41.1 Å². The number of benzene rings is 1. The Morgan fingerprint density at radius 1 is 1.21 bits per heavy atom. The molecular weight excluding hydrogens is 300 g/mol. The molecule has 0 amide bonds. The zero-order valence-electron chi connectivity index (χ0n) is 11.0. The van der Waals surface area contributed by atoms with Crippen molar-refractivity contribution in [2.45, 2.75) is 38.3 Å². The van der Waals surface area contributed by atoms with Crippen molar-refractivity contribution >= 4 is 15.9 Å². The van der Waals surface area contributed by atoms with Crippen LogP contribution in [0.4, 0.5) is 0 Å². The number of hydrogen-bond acceptors (Lipinski definition) is 1. The molecule has 19 heavy (non-hydrogen) atoms. The fourth-order valence-corrected chi connectivity index (χ4v) is 3.28. The largest absolute Gasteiger partial charge is 0.349 e. The quantitative estimate of drug-likeness (QED) is 0.833. The molecule has 1 aliphatic rings. The molecule has 1 heterocycles. The van der Waals surface area contributed by atoms with Gasteiger partial charge in [-0.15, -0.1) is 0 Å². The maximum absolute atomic E-state index is 6.26. The van der Waals surface area contributed by atoms with Gasteiger partial charge >= 0.3 is 0 Å². The highest BCUT2D eigenvalue weighted by Gasteiger charge is 2.17. The van der Waals surface area contributed by atoms with E-state index in [9.17, 15) is 0 Å². The summed E-state index contributed by atoms with van der Waals surface area (Å²) in [6.45, 7) is 0.904. The fourth-order valence-electron chi connectivity index (χ4n) is 2.87. The second-order valence-corrected chi connectivity index (χ2v) is 6.21. The lowest BCUT2D eigenvalue weighted by molar-refractivity contribution is 0.610.